The fourth-order valence-electron chi connectivity index (χ4n) is 3.05. The van der Waals surface area contributed by atoms with E-state index in [9.17, 15) is 13.2 Å². The monoisotopic (exact) mass is 418 g/mol. The van der Waals surface area contributed by atoms with E-state index in [1.807, 2.05) is 38.1 Å². The van der Waals surface area contributed by atoms with Crippen molar-refractivity contribution >= 4 is 21.6 Å². The van der Waals surface area contributed by atoms with Gasteiger partial charge in [-0.15, -0.1) is 0 Å². The lowest BCUT2D eigenvalue weighted by atomic mass is 9.94. The maximum atomic E-state index is 13.1. The minimum atomic E-state index is -3.82. The van der Waals surface area contributed by atoms with E-state index in [0.29, 0.717) is 17.4 Å². The molecular weight excluding hydrogens is 388 g/mol. The first kappa shape index (κ1) is 22.9. The second-order valence-electron chi connectivity index (χ2n) is 7.71. The van der Waals surface area contributed by atoms with Crippen LogP contribution in [0, 0.1) is 5.92 Å². The highest BCUT2D eigenvalue weighted by molar-refractivity contribution is 7.89. The molecule has 0 radical (unpaired) electrons. The zero-order valence-corrected chi connectivity index (χ0v) is 18.6. The summed E-state index contributed by atoms with van der Waals surface area (Å²) in [5, 5.41) is 2.61. The third-order valence-corrected chi connectivity index (χ3v) is 6.14. The fourth-order valence-corrected chi connectivity index (χ4v) is 4.45. The molecule has 1 amide bonds. The lowest BCUT2D eigenvalue weighted by molar-refractivity contribution is -0.114. The van der Waals surface area contributed by atoms with E-state index in [2.05, 4.69) is 23.9 Å². The highest BCUT2D eigenvalue weighted by Crippen LogP contribution is 2.30. The lowest BCUT2D eigenvalue weighted by Gasteiger charge is -2.23. The number of ether oxygens (including phenoxy) is 1. The minimum absolute atomic E-state index is 0.0442. The van der Waals surface area contributed by atoms with Crippen LogP contribution in [0.4, 0.5) is 5.69 Å². The van der Waals surface area contributed by atoms with Crippen LogP contribution >= 0.6 is 0 Å². The molecule has 0 fully saturated rings. The Labute approximate surface area is 173 Å². The number of hydrogen-bond acceptors (Lipinski definition) is 4. The van der Waals surface area contributed by atoms with Crippen molar-refractivity contribution < 1.29 is 17.9 Å². The molecule has 0 heterocycles. The van der Waals surface area contributed by atoms with E-state index in [1.54, 1.807) is 0 Å². The van der Waals surface area contributed by atoms with E-state index >= 15 is 0 Å². The number of carbonyl (C=O) groups excluding carboxylic acids is 1. The number of anilines is 1. The molecule has 7 heteroatoms. The van der Waals surface area contributed by atoms with Crippen molar-refractivity contribution in [3.63, 3.8) is 0 Å². The maximum absolute atomic E-state index is 13.1. The molecule has 158 valence electrons. The molecule has 0 unspecified atom stereocenters. The van der Waals surface area contributed by atoms with Gasteiger partial charge in [0.05, 0.1) is 17.7 Å². The molecule has 2 aromatic carbocycles. The van der Waals surface area contributed by atoms with E-state index < -0.39 is 10.0 Å². The predicted molar refractivity (Wildman–Crippen MR) is 116 cm³/mol. The van der Waals surface area contributed by atoms with Crippen molar-refractivity contribution in [2.75, 3.05) is 12.4 Å². The minimum Gasteiger partial charge on any atom is -0.495 e. The van der Waals surface area contributed by atoms with E-state index in [1.165, 1.54) is 37.8 Å². The Bertz CT molecular complexity index is 951. The maximum Gasteiger partial charge on any atom is 0.241 e. The number of amides is 1. The molecule has 0 aliphatic heterocycles. The fraction of sp³-hybridized carbons (Fsp3) is 0.409. The number of nitrogens with one attached hydrogen (secondary N) is 2. The molecule has 2 N–H and O–H groups in total. The molecule has 29 heavy (non-hydrogen) atoms. The zero-order chi connectivity index (χ0) is 21.8. The number of methoxy groups -OCH3 is 1. The van der Waals surface area contributed by atoms with Gasteiger partial charge in [-0.3, -0.25) is 4.79 Å². The second kappa shape index (κ2) is 9.41. The van der Waals surface area contributed by atoms with Crippen molar-refractivity contribution in [1.82, 2.24) is 4.72 Å². The van der Waals surface area contributed by atoms with Crippen LogP contribution in [-0.2, 0) is 14.8 Å². The summed E-state index contributed by atoms with van der Waals surface area (Å²) in [4.78, 5) is 11.5. The molecule has 6 nitrogen and oxygen atoms in total. The Balaban J connectivity index is 2.37. The standard InChI is InChI=1S/C22H30N2O4S/c1-14(2)17-7-9-18(10-8-17)22(15(3)4)24-29(26,27)19-11-12-21(28-6)20(13-19)23-16(5)25/h7-15,22,24H,1-6H3,(H,23,25)/t22-/m1/s1. The first-order valence-electron chi connectivity index (χ1n) is 9.63. The molecule has 2 rings (SSSR count). The van der Waals surface area contributed by atoms with Crippen molar-refractivity contribution in [3.8, 4) is 5.75 Å². The summed E-state index contributed by atoms with van der Waals surface area (Å²) >= 11 is 0. The molecule has 0 saturated carbocycles. The lowest BCUT2D eigenvalue weighted by Crippen LogP contribution is -2.32. The van der Waals surface area contributed by atoms with Gasteiger partial charge in [-0.25, -0.2) is 13.1 Å². The van der Waals surface area contributed by atoms with Crippen molar-refractivity contribution in [1.29, 1.82) is 0 Å². The van der Waals surface area contributed by atoms with E-state index in [0.717, 1.165) is 5.56 Å². The Hall–Kier alpha value is -2.38. The number of hydrogen-bond donors (Lipinski definition) is 2. The SMILES string of the molecule is COc1ccc(S(=O)(=O)N[C@@H](c2ccc(C(C)C)cc2)C(C)C)cc1NC(C)=O. The summed E-state index contributed by atoms with van der Waals surface area (Å²) < 4.78 is 34.2. The summed E-state index contributed by atoms with van der Waals surface area (Å²) in [5.41, 5.74) is 2.42. The van der Waals surface area contributed by atoms with Gasteiger partial charge in [-0.05, 0) is 41.2 Å². The smallest absolute Gasteiger partial charge is 0.241 e. The number of rotatable bonds is 8. The Morgan fingerprint density at radius 2 is 1.55 bits per heavy atom. The molecule has 0 spiro atoms. The number of benzene rings is 2. The van der Waals surface area contributed by atoms with Gasteiger partial charge >= 0.3 is 0 Å². The van der Waals surface area contributed by atoms with Gasteiger partial charge in [0.1, 0.15) is 5.75 Å². The average molecular weight is 419 g/mol. The summed E-state index contributed by atoms with van der Waals surface area (Å²) in [6.07, 6.45) is 0. The van der Waals surface area contributed by atoms with Gasteiger partial charge in [0.15, 0.2) is 0 Å². The predicted octanol–water partition coefficient (Wildman–Crippen LogP) is 4.45. The molecular formula is C22H30N2O4S. The topological polar surface area (TPSA) is 84.5 Å². The van der Waals surface area contributed by atoms with E-state index in [4.69, 9.17) is 4.74 Å². The van der Waals surface area contributed by atoms with Crippen LogP contribution < -0.4 is 14.8 Å². The van der Waals surface area contributed by atoms with Crippen LogP contribution in [0.3, 0.4) is 0 Å². The van der Waals surface area contributed by atoms with Crippen LogP contribution in [0.25, 0.3) is 0 Å². The van der Waals surface area contributed by atoms with Crippen molar-refractivity contribution in [3.05, 3.63) is 53.6 Å². The largest absolute Gasteiger partial charge is 0.495 e. The third kappa shape index (κ3) is 5.81. The molecule has 0 bridgehead atoms. The van der Waals surface area contributed by atoms with Gasteiger partial charge in [0.2, 0.25) is 15.9 Å². The van der Waals surface area contributed by atoms with Crippen LogP contribution in [0.1, 0.15) is 57.7 Å². The van der Waals surface area contributed by atoms with E-state index in [-0.39, 0.29) is 22.8 Å². The highest BCUT2D eigenvalue weighted by Gasteiger charge is 2.25. The zero-order valence-electron chi connectivity index (χ0n) is 17.8. The van der Waals surface area contributed by atoms with Crippen molar-refractivity contribution in [2.24, 2.45) is 5.92 Å². The Morgan fingerprint density at radius 1 is 0.966 bits per heavy atom. The summed E-state index contributed by atoms with van der Waals surface area (Å²) in [7, 11) is -2.36. The van der Waals surface area contributed by atoms with Crippen LogP contribution in [0.2, 0.25) is 0 Å². The molecule has 0 saturated heterocycles. The van der Waals surface area contributed by atoms with Crippen LogP contribution in [0.15, 0.2) is 47.4 Å². The summed E-state index contributed by atoms with van der Waals surface area (Å²) in [6.45, 7) is 9.54. The van der Waals surface area contributed by atoms with Crippen LogP contribution in [-0.4, -0.2) is 21.4 Å². The van der Waals surface area contributed by atoms with Crippen molar-refractivity contribution in [2.45, 2.75) is 51.5 Å². The summed E-state index contributed by atoms with van der Waals surface area (Å²) in [6, 6.07) is 12.0. The first-order chi connectivity index (χ1) is 13.5. The second-order valence-corrected chi connectivity index (χ2v) is 9.42. The molecule has 0 aliphatic rings. The van der Waals surface area contributed by atoms with Gasteiger partial charge in [0.25, 0.3) is 0 Å². The molecule has 0 aliphatic carbocycles. The Morgan fingerprint density at radius 3 is 2.03 bits per heavy atom. The quantitative estimate of drug-likeness (QED) is 0.663. The normalized spacial score (nSPS) is 12.8. The summed E-state index contributed by atoms with van der Waals surface area (Å²) in [5.74, 6) is 0.535. The van der Waals surface area contributed by atoms with Crippen LogP contribution in [0.5, 0.6) is 5.75 Å². The number of carbonyl (C=O) groups is 1. The molecule has 2 aromatic rings. The van der Waals surface area contributed by atoms with Gasteiger partial charge in [-0.2, -0.15) is 0 Å². The highest BCUT2D eigenvalue weighted by atomic mass is 32.2. The Kier molecular flexibility index (Phi) is 7.43. The van der Waals surface area contributed by atoms with Gasteiger partial charge in [-0.1, -0.05) is 52.0 Å². The third-order valence-electron chi connectivity index (χ3n) is 4.70. The molecule has 1 atom stereocenters. The average Bonchev–Trinajstić information content (AvgIpc) is 2.65. The van der Waals surface area contributed by atoms with Gasteiger partial charge < -0.3 is 10.1 Å². The molecule has 0 aromatic heterocycles. The number of sulfonamides is 1. The van der Waals surface area contributed by atoms with Gasteiger partial charge in [0, 0.05) is 13.0 Å². The first-order valence-corrected chi connectivity index (χ1v) is 11.1.